The lowest BCUT2D eigenvalue weighted by molar-refractivity contribution is 0.0509. The molecule has 0 aliphatic carbocycles. The van der Waals surface area contributed by atoms with E-state index in [2.05, 4.69) is 21.8 Å². The SMILES string of the molecule is Cc1nc(CSc2ccc(C(=O)N(Cc3cccs3)CC3CCCO3)cc2)cs1. The van der Waals surface area contributed by atoms with Crippen molar-refractivity contribution < 1.29 is 9.53 Å². The van der Waals surface area contributed by atoms with Gasteiger partial charge in [0.2, 0.25) is 0 Å². The maximum absolute atomic E-state index is 13.2. The van der Waals surface area contributed by atoms with E-state index >= 15 is 0 Å². The van der Waals surface area contributed by atoms with Gasteiger partial charge in [-0.25, -0.2) is 4.98 Å². The number of hydrogen-bond acceptors (Lipinski definition) is 6. The van der Waals surface area contributed by atoms with Crippen molar-refractivity contribution in [2.45, 2.75) is 43.1 Å². The Bertz CT molecular complexity index is 916. The van der Waals surface area contributed by atoms with Gasteiger partial charge in [-0.2, -0.15) is 0 Å². The fourth-order valence-electron chi connectivity index (χ4n) is 3.35. The van der Waals surface area contributed by atoms with E-state index in [1.54, 1.807) is 34.4 Å². The molecule has 4 rings (SSSR count). The molecule has 0 spiro atoms. The summed E-state index contributed by atoms with van der Waals surface area (Å²) in [6, 6.07) is 12.1. The zero-order valence-corrected chi connectivity index (χ0v) is 18.8. The van der Waals surface area contributed by atoms with E-state index in [0.29, 0.717) is 13.1 Å². The average molecular weight is 445 g/mol. The van der Waals surface area contributed by atoms with Gasteiger partial charge in [-0.15, -0.1) is 34.4 Å². The van der Waals surface area contributed by atoms with Crippen molar-refractivity contribution in [2.24, 2.45) is 0 Å². The van der Waals surface area contributed by atoms with Crippen LogP contribution in [0.15, 0.2) is 52.1 Å². The second-order valence-electron chi connectivity index (χ2n) is 7.07. The molecule has 0 saturated carbocycles. The monoisotopic (exact) mass is 444 g/mol. The first-order valence-electron chi connectivity index (χ1n) is 9.74. The number of aromatic nitrogens is 1. The third-order valence-corrected chi connectivity index (χ3v) is 7.55. The Morgan fingerprint density at radius 1 is 1.28 bits per heavy atom. The van der Waals surface area contributed by atoms with Gasteiger partial charge < -0.3 is 9.64 Å². The van der Waals surface area contributed by atoms with E-state index in [1.807, 2.05) is 42.2 Å². The lowest BCUT2D eigenvalue weighted by Gasteiger charge is -2.25. The molecule has 1 aromatic carbocycles. The van der Waals surface area contributed by atoms with Crippen molar-refractivity contribution in [1.82, 2.24) is 9.88 Å². The predicted molar refractivity (Wildman–Crippen MR) is 121 cm³/mol. The summed E-state index contributed by atoms with van der Waals surface area (Å²) in [4.78, 5) is 22.0. The van der Waals surface area contributed by atoms with Crippen LogP contribution < -0.4 is 0 Å². The maximum Gasteiger partial charge on any atom is 0.254 e. The molecule has 0 bridgehead atoms. The van der Waals surface area contributed by atoms with Gasteiger partial charge in [0.15, 0.2) is 0 Å². The topological polar surface area (TPSA) is 42.4 Å². The Morgan fingerprint density at radius 3 is 2.79 bits per heavy atom. The van der Waals surface area contributed by atoms with Gasteiger partial charge in [-0.1, -0.05) is 6.07 Å². The lowest BCUT2D eigenvalue weighted by atomic mass is 10.1. The highest BCUT2D eigenvalue weighted by Gasteiger charge is 2.24. The van der Waals surface area contributed by atoms with Crippen molar-refractivity contribution in [3.63, 3.8) is 0 Å². The van der Waals surface area contributed by atoms with Crippen LogP contribution in [0.2, 0.25) is 0 Å². The number of amides is 1. The number of thiophene rings is 1. The normalized spacial score (nSPS) is 16.2. The van der Waals surface area contributed by atoms with Gasteiger partial charge in [0.05, 0.1) is 23.4 Å². The van der Waals surface area contributed by atoms with Crippen LogP contribution in [-0.4, -0.2) is 35.0 Å². The highest BCUT2D eigenvalue weighted by atomic mass is 32.2. The van der Waals surface area contributed by atoms with E-state index in [4.69, 9.17) is 4.74 Å². The number of ether oxygens (including phenoxy) is 1. The van der Waals surface area contributed by atoms with Gasteiger partial charge in [-0.05, 0) is 55.5 Å². The Morgan fingerprint density at radius 2 is 2.14 bits per heavy atom. The summed E-state index contributed by atoms with van der Waals surface area (Å²) < 4.78 is 5.78. The molecule has 152 valence electrons. The van der Waals surface area contributed by atoms with E-state index in [-0.39, 0.29) is 12.0 Å². The Kier molecular flexibility index (Phi) is 7.02. The molecule has 3 aromatic rings. The summed E-state index contributed by atoms with van der Waals surface area (Å²) in [6.07, 6.45) is 2.26. The van der Waals surface area contributed by atoms with E-state index in [9.17, 15) is 4.79 Å². The van der Waals surface area contributed by atoms with Crippen molar-refractivity contribution in [1.29, 1.82) is 0 Å². The fourth-order valence-corrected chi connectivity index (χ4v) is 5.58. The first-order valence-corrected chi connectivity index (χ1v) is 12.5. The third kappa shape index (κ3) is 5.69. The van der Waals surface area contributed by atoms with E-state index in [1.165, 1.54) is 4.88 Å². The average Bonchev–Trinajstić information content (AvgIpc) is 3.50. The molecule has 1 aliphatic heterocycles. The lowest BCUT2D eigenvalue weighted by Crippen LogP contribution is -2.36. The molecule has 0 N–H and O–H groups in total. The molecular formula is C22H24N2O2S3. The Labute approximate surface area is 183 Å². The molecule has 1 amide bonds. The number of thiazole rings is 1. The number of nitrogens with zero attached hydrogens (tertiary/aromatic N) is 2. The first-order chi connectivity index (χ1) is 14.2. The zero-order valence-electron chi connectivity index (χ0n) is 16.4. The van der Waals surface area contributed by atoms with Crippen molar-refractivity contribution in [2.75, 3.05) is 13.2 Å². The minimum atomic E-state index is 0.0700. The van der Waals surface area contributed by atoms with E-state index < -0.39 is 0 Å². The summed E-state index contributed by atoms with van der Waals surface area (Å²) >= 11 is 5.11. The van der Waals surface area contributed by atoms with Crippen LogP contribution in [-0.2, 0) is 17.0 Å². The highest BCUT2D eigenvalue weighted by molar-refractivity contribution is 7.98. The van der Waals surface area contributed by atoms with Crippen LogP contribution in [0, 0.1) is 6.92 Å². The molecule has 1 unspecified atom stereocenters. The molecule has 1 atom stereocenters. The smallest absolute Gasteiger partial charge is 0.254 e. The molecule has 3 heterocycles. The fraction of sp³-hybridized carbons (Fsp3) is 0.364. The largest absolute Gasteiger partial charge is 0.376 e. The number of benzene rings is 1. The summed E-state index contributed by atoms with van der Waals surface area (Å²) in [5.41, 5.74) is 1.84. The van der Waals surface area contributed by atoms with Crippen molar-refractivity contribution >= 4 is 40.3 Å². The van der Waals surface area contributed by atoms with E-state index in [0.717, 1.165) is 46.4 Å². The minimum absolute atomic E-state index is 0.0700. The van der Waals surface area contributed by atoms with Crippen LogP contribution in [0.4, 0.5) is 0 Å². The molecule has 2 aromatic heterocycles. The number of hydrogen-bond donors (Lipinski definition) is 0. The predicted octanol–water partition coefficient (Wildman–Crippen LogP) is 5.63. The third-order valence-electron chi connectivity index (χ3n) is 4.82. The molecule has 1 aliphatic rings. The summed E-state index contributed by atoms with van der Waals surface area (Å²) in [7, 11) is 0. The first kappa shape index (κ1) is 20.6. The molecule has 7 heteroatoms. The summed E-state index contributed by atoms with van der Waals surface area (Å²) in [6.45, 7) is 4.11. The quantitative estimate of drug-likeness (QED) is 0.423. The molecule has 1 fully saturated rings. The zero-order chi connectivity index (χ0) is 20.1. The minimum Gasteiger partial charge on any atom is -0.376 e. The van der Waals surface area contributed by atoms with Crippen LogP contribution in [0.3, 0.4) is 0 Å². The van der Waals surface area contributed by atoms with Gasteiger partial charge >= 0.3 is 0 Å². The number of rotatable bonds is 8. The molecular weight excluding hydrogens is 420 g/mol. The maximum atomic E-state index is 13.2. The molecule has 29 heavy (non-hydrogen) atoms. The Balaban J connectivity index is 1.41. The molecule has 4 nitrogen and oxygen atoms in total. The second kappa shape index (κ2) is 9.89. The summed E-state index contributed by atoms with van der Waals surface area (Å²) in [5, 5.41) is 5.26. The van der Waals surface area contributed by atoms with Gasteiger partial charge in [0.25, 0.3) is 5.91 Å². The van der Waals surface area contributed by atoms with Crippen LogP contribution in [0.1, 0.15) is 38.8 Å². The number of aryl methyl sites for hydroxylation is 1. The summed E-state index contributed by atoms with van der Waals surface area (Å²) in [5.74, 6) is 0.918. The second-order valence-corrected chi connectivity index (χ2v) is 10.2. The number of carbonyl (C=O) groups is 1. The standard InChI is InChI=1S/C22H24N2O2S3/c1-16-23-18(14-28-16)15-29-20-8-6-17(7-9-20)22(25)24(12-19-4-2-10-26-19)13-21-5-3-11-27-21/h3,5-9,11,14,19H,2,4,10,12-13,15H2,1H3. The van der Waals surface area contributed by atoms with Crippen LogP contribution in [0.25, 0.3) is 0 Å². The Hall–Kier alpha value is -1.67. The van der Waals surface area contributed by atoms with Crippen LogP contribution in [0.5, 0.6) is 0 Å². The van der Waals surface area contributed by atoms with Crippen LogP contribution >= 0.6 is 34.4 Å². The van der Waals surface area contributed by atoms with Crippen molar-refractivity contribution in [3.05, 3.63) is 68.3 Å². The number of thioether (sulfide) groups is 1. The molecule has 0 radical (unpaired) electrons. The van der Waals surface area contributed by atoms with Gasteiger partial charge in [-0.3, -0.25) is 4.79 Å². The number of carbonyl (C=O) groups excluding carboxylic acids is 1. The highest BCUT2D eigenvalue weighted by Crippen LogP contribution is 2.25. The molecule has 1 saturated heterocycles. The van der Waals surface area contributed by atoms with Gasteiger partial charge in [0, 0.05) is 39.6 Å². The van der Waals surface area contributed by atoms with Gasteiger partial charge in [0.1, 0.15) is 0 Å². The van der Waals surface area contributed by atoms with Crippen molar-refractivity contribution in [3.8, 4) is 0 Å².